The highest BCUT2D eigenvalue weighted by molar-refractivity contribution is 6.32. The second-order valence-electron chi connectivity index (χ2n) is 4.11. The van der Waals surface area contributed by atoms with Crippen molar-refractivity contribution in [3.63, 3.8) is 0 Å². The van der Waals surface area contributed by atoms with Gasteiger partial charge in [0.25, 0.3) is 0 Å². The van der Waals surface area contributed by atoms with E-state index in [-0.39, 0.29) is 10.8 Å². The highest BCUT2D eigenvalue weighted by atomic mass is 35.5. The van der Waals surface area contributed by atoms with Crippen molar-refractivity contribution in [1.82, 2.24) is 0 Å². The molecule has 0 fully saturated rings. The van der Waals surface area contributed by atoms with Crippen LogP contribution in [0.2, 0.25) is 10.0 Å². The monoisotopic (exact) mass is 346 g/mol. The van der Waals surface area contributed by atoms with E-state index < -0.39 is 12.6 Å². The van der Waals surface area contributed by atoms with E-state index in [0.29, 0.717) is 16.4 Å². The average Bonchev–Trinajstić information content (AvgIpc) is 2.44. The Morgan fingerprint density at radius 1 is 1.00 bits per heavy atom. The highest BCUT2D eigenvalue weighted by Crippen LogP contribution is 2.29. The number of anilines is 2. The molecule has 0 bridgehead atoms. The standard InChI is InChI=1S/C14H10Cl2F2N2O2/c15-8-1-3-9(4-2-8)19-14(21)20-10-5-6-12(11(16)7-10)22-13(17)18/h1-7,13H,(H2,19,20,21). The molecule has 22 heavy (non-hydrogen) atoms. The first kappa shape index (κ1) is 16.3. The second-order valence-corrected chi connectivity index (χ2v) is 4.95. The van der Waals surface area contributed by atoms with Gasteiger partial charge in [0.2, 0.25) is 0 Å². The Bertz CT molecular complexity index is 666. The topological polar surface area (TPSA) is 50.4 Å². The van der Waals surface area contributed by atoms with Crippen LogP contribution in [0.1, 0.15) is 0 Å². The van der Waals surface area contributed by atoms with Gasteiger partial charge in [0.05, 0.1) is 5.02 Å². The molecule has 2 amide bonds. The molecule has 0 heterocycles. The molecule has 0 aliphatic carbocycles. The molecule has 0 atom stereocenters. The lowest BCUT2D eigenvalue weighted by Gasteiger charge is -2.10. The predicted octanol–water partition coefficient (Wildman–Crippen LogP) is 5.24. The van der Waals surface area contributed by atoms with Gasteiger partial charge in [-0.15, -0.1) is 0 Å². The molecule has 0 spiro atoms. The van der Waals surface area contributed by atoms with Crippen molar-refractivity contribution in [2.24, 2.45) is 0 Å². The van der Waals surface area contributed by atoms with Gasteiger partial charge in [-0.2, -0.15) is 8.78 Å². The molecule has 0 aliphatic heterocycles. The van der Waals surface area contributed by atoms with E-state index in [1.807, 2.05) is 0 Å². The van der Waals surface area contributed by atoms with Crippen molar-refractivity contribution in [1.29, 1.82) is 0 Å². The maximum atomic E-state index is 12.1. The van der Waals surface area contributed by atoms with Crippen LogP contribution in [0.25, 0.3) is 0 Å². The summed E-state index contributed by atoms with van der Waals surface area (Å²) in [4.78, 5) is 11.8. The van der Waals surface area contributed by atoms with Crippen LogP contribution in [0.5, 0.6) is 5.75 Å². The molecule has 0 unspecified atom stereocenters. The molecule has 2 aromatic rings. The van der Waals surface area contributed by atoms with Gasteiger partial charge >= 0.3 is 12.6 Å². The van der Waals surface area contributed by atoms with Crippen molar-refractivity contribution >= 4 is 40.6 Å². The van der Waals surface area contributed by atoms with E-state index in [1.165, 1.54) is 18.2 Å². The molecule has 0 aliphatic rings. The van der Waals surface area contributed by atoms with Crippen LogP contribution in [0.3, 0.4) is 0 Å². The predicted molar refractivity (Wildman–Crippen MR) is 82.2 cm³/mol. The molecule has 8 heteroatoms. The molecule has 2 aromatic carbocycles. The Balaban J connectivity index is 1.99. The fourth-order valence-electron chi connectivity index (χ4n) is 1.60. The van der Waals surface area contributed by atoms with Gasteiger partial charge in [-0.05, 0) is 42.5 Å². The van der Waals surface area contributed by atoms with E-state index in [1.54, 1.807) is 24.3 Å². The van der Waals surface area contributed by atoms with Crippen molar-refractivity contribution in [3.05, 3.63) is 52.5 Å². The lowest BCUT2D eigenvalue weighted by molar-refractivity contribution is -0.0497. The van der Waals surface area contributed by atoms with Crippen LogP contribution in [0.4, 0.5) is 25.0 Å². The third-order valence-corrected chi connectivity index (χ3v) is 3.06. The van der Waals surface area contributed by atoms with Gasteiger partial charge in [0, 0.05) is 16.4 Å². The summed E-state index contributed by atoms with van der Waals surface area (Å²) in [7, 11) is 0. The van der Waals surface area contributed by atoms with Gasteiger partial charge in [-0.25, -0.2) is 4.79 Å². The largest absolute Gasteiger partial charge is 0.433 e. The number of carbonyl (C=O) groups excluding carboxylic acids is 1. The minimum absolute atomic E-state index is 0.0374. The normalized spacial score (nSPS) is 10.4. The number of benzene rings is 2. The summed E-state index contributed by atoms with van der Waals surface area (Å²) in [5.74, 6) is -0.166. The maximum Gasteiger partial charge on any atom is 0.387 e. The van der Waals surface area contributed by atoms with Crippen molar-refractivity contribution in [2.45, 2.75) is 6.61 Å². The Kier molecular flexibility index (Phi) is 5.41. The molecular weight excluding hydrogens is 337 g/mol. The van der Waals surface area contributed by atoms with E-state index in [9.17, 15) is 13.6 Å². The van der Waals surface area contributed by atoms with Crippen LogP contribution in [0.15, 0.2) is 42.5 Å². The van der Waals surface area contributed by atoms with Crippen molar-refractivity contribution < 1.29 is 18.3 Å². The molecule has 0 aromatic heterocycles. The smallest absolute Gasteiger partial charge is 0.387 e. The highest BCUT2D eigenvalue weighted by Gasteiger charge is 2.10. The lowest BCUT2D eigenvalue weighted by Crippen LogP contribution is -2.19. The summed E-state index contributed by atoms with van der Waals surface area (Å²) in [6.45, 7) is -2.97. The van der Waals surface area contributed by atoms with E-state index in [4.69, 9.17) is 23.2 Å². The van der Waals surface area contributed by atoms with Crippen molar-refractivity contribution in [2.75, 3.05) is 10.6 Å². The van der Waals surface area contributed by atoms with Crippen LogP contribution >= 0.6 is 23.2 Å². The van der Waals surface area contributed by atoms with E-state index in [2.05, 4.69) is 15.4 Å². The summed E-state index contributed by atoms with van der Waals surface area (Å²) >= 11 is 11.5. The van der Waals surface area contributed by atoms with Crippen molar-refractivity contribution in [3.8, 4) is 5.75 Å². The Morgan fingerprint density at radius 3 is 2.18 bits per heavy atom. The molecule has 4 nitrogen and oxygen atoms in total. The molecule has 2 rings (SSSR count). The summed E-state index contributed by atoms with van der Waals surface area (Å²) in [5.41, 5.74) is 0.878. The minimum Gasteiger partial charge on any atom is -0.433 e. The number of halogens is 4. The molecule has 116 valence electrons. The number of amides is 2. The number of rotatable bonds is 4. The SMILES string of the molecule is O=C(Nc1ccc(Cl)cc1)Nc1ccc(OC(F)F)c(Cl)c1. The third-order valence-electron chi connectivity index (χ3n) is 2.51. The number of carbonyl (C=O) groups is 1. The molecule has 0 radical (unpaired) electrons. The zero-order valence-electron chi connectivity index (χ0n) is 10.9. The first-order valence-electron chi connectivity index (χ1n) is 6.02. The van der Waals surface area contributed by atoms with Gasteiger partial charge in [-0.3, -0.25) is 0 Å². The first-order valence-corrected chi connectivity index (χ1v) is 6.77. The minimum atomic E-state index is -2.97. The number of hydrogen-bond acceptors (Lipinski definition) is 2. The number of ether oxygens (including phenoxy) is 1. The zero-order chi connectivity index (χ0) is 16.1. The average molecular weight is 347 g/mol. The Hall–Kier alpha value is -2.05. The van der Waals surface area contributed by atoms with Gasteiger partial charge in [0.15, 0.2) is 0 Å². The quantitative estimate of drug-likeness (QED) is 0.795. The lowest BCUT2D eigenvalue weighted by atomic mass is 10.3. The Morgan fingerprint density at radius 2 is 1.59 bits per heavy atom. The summed E-state index contributed by atoms with van der Waals surface area (Å²) < 4.78 is 28.4. The number of alkyl halides is 2. The molecule has 0 saturated carbocycles. The second kappa shape index (κ2) is 7.29. The summed E-state index contributed by atoms with van der Waals surface area (Å²) in [6.07, 6.45) is 0. The zero-order valence-corrected chi connectivity index (χ0v) is 12.5. The van der Waals surface area contributed by atoms with Crippen LogP contribution in [-0.2, 0) is 0 Å². The first-order chi connectivity index (χ1) is 10.4. The van der Waals surface area contributed by atoms with Gasteiger partial charge in [-0.1, -0.05) is 23.2 Å². The van der Waals surface area contributed by atoms with Crippen LogP contribution < -0.4 is 15.4 Å². The molecule has 0 saturated heterocycles. The Labute approximate surface area is 135 Å². The maximum absolute atomic E-state index is 12.1. The van der Waals surface area contributed by atoms with Gasteiger partial charge in [0.1, 0.15) is 5.75 Å². The van der Waals surface area contributed by atoms with E-state index in [0.717, 1.165) is 0 Å². The third kappa shape index (κ3) is 4.75. The van der Waals surface area contributed by atoms with Crippen LogP contribution in [0, 0.1) is 0 Å². The van der Waals surface area contributed by atoms with Crippen LogP contribution in [-0.4, -0.2) is 12.6 Å². The van der Waals surface area contributed by atoms with Gasteiger partial charge < -0.3 is 15.4 Å². The molecular formula is C14H10Cl2F2N2O2. The summed E-state index contributed by atoms with van der Waals surface area (Å²) in [5, 5.41) is 5.61. The van der Waals surface area contributed by atoms with E-state index >= 15 is 0 Å². The number of nitrogens with one attached hydrogen (secondary N) is 2. The summed E-state index contributed by atoms with van der Waals surface area (Å²) in [6, 6.07) is 9.96. The fourth-order valence-corrected chi connectivity index (χ4v) is 1.95. The molecule has 2 N–H and O–H groups in total. The fraction of sp³-hybridized carbons (Fsp3) is 0.0714. The number of urea groups is 1. The number of hydrogen-bond donors (Lipinski definition) is 2.